The van der Waals surface area contributed by atoms with Gasteiger partial charge in [-0.2, -0.15) is 18.3 Å². The average Bonchev–Trinajstić information content (AvgIpc) is 3.14. The number of anilines is 1. The Kier molecular flexibility index (Phi) is 5.43. The van der Waals surface area contributed by atoms with Crippen LogP contribution < -0.4 is 4.90 Å². The molecular formula is C22H22F3N5O. The van der Waals surface area contributed by atoms with Gasteiger partial charge in [-0.1, -0.05) is 18.2 Å². The maximum absolute atomic E-state index is 13.1. The summed E-state index contributed by atoms with van der Waals surface area (Å²) in [5, 5.41) is 4.41. The van der Waals surface area contributed by atoms with Gasteiger partial charge in [-0.15, -0.1) is 0 Å². The molecule has 6 nitrogen and oxygen atoms in total. The summed E-state index contributed by atoms with van der Waals surface area (Å²) in [5.41, 5.74) is 2.53. The highest BCUT2D eigenvalue weighted by Gasteiger charge is 2.31. The Morgan fingerprint density at radius 3 is 2.29 bits per heavy atom. The van der Waals surface area contributed by atoms with Crippen LogP contribution in [0, 0.1) is 13.8 Å². The van der Waals surface area contributed by atoms with Gasteiger partial charge in [0.25, 0.3) is 5.91 Å². The lowest BCUT2D eigenvalue weighted by Crippen LogP contribution is -2.49. The van der Waals surface area contributed by atoms with Crippen LogP contribution in [-0.4, -0.2) is 51.8 Å². The number of amides is 1. The maximum atomic E-state index is 13.1. The molecule has 1 fully saturated rings. The number of piperazine rings is 1. The summed E-state index contributed by atoms with van der Waals surface area (Å²) in [4.78, 5) is 20.6. The van der Waals surface area contributed by atoms with Gasteiger partial charge < -0.3 is 9.80 Å². The molecule has 0 saturated carbocycles. The topological polar surface area (TPSA) is 54.3 Å². The Morgan fingerprint density at radius 2 is 1.68 bits per heavy atom. The van der Waals surface area contributed by atoms with E-state index in [0.29, 0.717) is 37.6 Å². The molecule has 1 aliphatic heterocycles. The molecule has 0 spiro atoms. The highest BCUT2D eigenvalue weighted by molar-refractivity contribution is 5.95. The summed E-state index contributed by atoms with van der Waals surface area (Å²) in [6.45, 7) is 5.76. The van der Waals surface area contributed by atoms with Crippen LogP contribution >= 0.6 is 0 Å². The number of carbonyl (C=O) groups excluding carboxylic acids is 1. The zero-order chi connectivity index (χ0) is 22.2. The molecule has 162 valence electrons. The van der Waals surface area contributed by atoms with Crippen LogP contribution in [0.15, 0.2) is 48.8 Å². The molecule has 4 rings (SSSR count). The van der Waals surface area contributed by atoms with Crippen LogP contribution in [0.2, 0.25) is 0 Å². The minimum Gasteiger partial charge on any atom is -0.353 e. The number of benzene rings is 1. The fourth-order valence-electron chi connectivity index (χ4n) is 3.71. The van der Waals surface area contributed by atoms with Crippen molar-refractivity contribution in [2.45, 2.75) is 20.0 Å². The summed E-state index contributed by atoms with van der Waals surface area (Å²) < 4.78 is 39.9. The number of carbonyl (C=O) groups is 1. The predicted octanol–water partition coefficient (Wildman–Crippen LogP) is 3.87. The summed E-state index contributed by atoms with van der Waals surface area (Å²) in [6.07, 6.45) is -1.97. The Hall–Kier alpha value is -3.36. The molecule has 3 heterocycles. The molecule has 1 aliphatic rings. The number of hydrogen-bond donors (Lipinski definition) is 0. The Labute approximate surface area is 177 Å². The SMILES string of the molecule is Cc1ccccc1-n1ncc(C(=O)N2CCN(c3ccc(C(F)(F)F)cn3)CC2)c1C. The summed E-state index contributed by atoms with van der Waals surface area (Å²) in [6, 6.07) is 10.2. The highest BCUT2D eigenvalue weighted by Crippen LogP contribution is 2.29. The molecule has 0 N–H and O–H groups in total. The van der Waals surface area contributed by atoms with Crippen molar-refractivity contribution in [1.82, 2.24) is 19.7 Å². The average molecular weight is 429 g/mol. The van der Waals surface area contributed by atoms with E-state index in [4.69, 9.17) is 0 Å². The van der Waals surface area contributed by atoms with Crippen molar-refractivity contribution in [3.8, 4) is 5.69 Å². The van der Waals surface area contributed by atoms with E-state index in [-0.39, 0.29) is 5.91 Å². The molecule has 0 aliphatic carbocycles. The van der Waals surface area contributed by atoms with E-state index in [9.17, 15) is 18.0 Å². The van der Waals surface area contributed by atoms with E-state index in [2.05, 4.69) is 10.1 Å². The second kappa shape index (κ2) is 8.05. The van der Waals surface area contributed by atoms with Crippen molar-refractivity contribution < 1.29 is 18.0 Å². The van der Waals surface area contributed by atoms with Crippen molar-refractivity contribution in [2.75, 3.05) is 31.1 Å². The molecule has 0 bridgehead atoms. The summed E-state index contributed by atoms with van der Waals surface area (Å²) in [7, 11) is 0. The number of aromatic nitrogens is 3. The fraction of sp³-hybridized carbons (Fsp3) is 0.318. The number of halogens is 3. The number of aryl methyl sites for hydroxylation is 1. The molecule has 31 heavy (non-hydrogen) atoms. The van der Waals surface area contributed by atoms with E-state index in [1.165, 1.54) is 6.07 Å². The zero-order valence-corrected chi connectivity index (χ0v) is 17.2. The van der Waals surface area contributed by atoms with E-state index in [1.807, 2.05) is 43.0 Å². The molecule has 0 unspecified atom stereocenters. The summed E-state index contributed by atoms with van der Waals surface area (Å²) >= 11 is 0. The highest BCUT2D eigenvalue weighted by atomic mass is 19.4. The van der Waals surface area contributed by atoms with Crippen molar-refractivity contribution in [3.63, 3.8) is 0 Å². The third-order valence-electron chi connectivity index (χ3n) is 5.55. The largest absolute Gasteiger partial charge is 0.417 e. The fourth-order valence-corrected chi connectivity index (χ4v) is 3.71. The molecule has 1 saturated heterocycles. The maximum Gasteiger partial charge on any atom is 0.417 e. The molecule has 0 radical (unpaired) electrons. The number of hydrogen-bond acceptors (Lipinski definition) is 4. The third-order valence-corrected chi connectivity index (χ3v) is 5.55. The number of alkyl halides is 3. The Morgan fingerprint density at radius 1 is 0.968 bits per heavy atom. The van der Waals surface area contributed by atoms with Gasteiger partial charge in [-0.05, 0) is 37.6 Å². The zero-order valence-electron chi connectivity index (χ0n) is 17.2. The van der Waals surface area contributed by atoms with Gasteiger partial charge in [0.05, 0.1) is 28.7 Å². The monoisotopic (exact) mass is 429 g/mol. The third kappa shape index (κ3) is 4.12. The van der Waals surface area contributed by atoms with Crippen LogP contribution in [0.4, 0.5) is 19.0 Å². The first-order valence-corrected chi connectivity index (χ1v) is 9.94. The Balaban J connectivity index is 1.44. The smallest absolute Gasteiger partial charge is 0.353 e. The number of rotatable bonds is 3. The van der Waals surface area contributed by atoms with E-state index < -0.39 is 11.7 Å². The van der Waals surface area contributed by atoms with Gasteiger partial charge in [0, 0.05) is 32.4 Å². The minimum atomic E-state index is -4.41. The predicted molar refractivity (Wildman–Crippen MR) is 110 cm³/mol. The molecular weight excluding hydrogens is 407 g/mol. The number of para-hydroxylation sites is 1. The normalized spacial score (nSPS) is 14.7. The van der Waals surface area contributed by atoms with E-state index in [0.717, 1.165) is 29.2 Å². The minimum absolute atomic E-state index is 0.0997. The van der Waals surface area contributed by atoms with Crippen LogP contribution in [0.5, 0.6) is 0 Å². The van der Waals surface area contributed by atoms with Gasteiger partial charge in [0.15, 0.2) is 0 Å². The lowest BCUT2D eigenvalue weighted by molar-refractivity contribution is -0.137. The van der Waals surface area contributed by atoms with Crippen LogP contribution in [0.1, 0.15) is 27.2 Å². The molecule has 1 aromatic carbocycles. The van der Waals surface area contributed by atoms with Gasteiger partial charge in [0.1, 0.15) is 5.82 Å². The van der Waals surface area contributed by atoms with Crippen LogP contribution in [-0.2, 0) is 6.18 Å². The van der Waals surface area contributed by atoms with Crippen molar-refractivity contribution in [3.05, 3.63) is 71.2 Å². The summed E-state index contributed by atoms with van der Waals surface area (Å²) in [5.74, 6) is 0.376. The molecule has 2 aromatic heterocycles. The lowest BCUT2D eigenvalue weighted by atomic mass is 10.1. The second-order valence-electron chi connectivity index (χ2n) is 7.52. The lowest BCUT2D eigenvalue weighted by Gasteiger charge is -2.35. The molecule has 3 aromatic rings. The van der Waals surface area contributed by atoms with Crippen LogP contribution in [0.25, 0.3) is 5.69 Å². The molecule has 1 amide bonds. The van der Waals surface area contributed by atoms with Gasteiger partial charge in [-0.3, -0.25) is 4.79 Å². The Bertz CT molecular complexity index is 1080. The van der Waals surface area contributed by atoms with Gasteiger partial charge in [-0.25, -0.2) is 9.67 Å². The number of nitrogens with zero attached hydrogens (tertiary/aromatic N) is 5. The quantitative estimate of drug-likeness (QED) is 0.635. The van der Waals surface area contributed by atoms with Gasteiger partial charge in [0.2, 0.25) is 0 Å². The van der Waals surface area contributed by atoms with Crippen LogP contribution in [0.3, 0.4) is 0 Å². The van der Waals surface area contributed by atoms with Crippen molar-refractivity contribution in [1.29, 1.82) is 0 Å². The van der Waals surface area contributed by atoms with Gasteiger partial charge >= 0.3 is 6.18 Å². The first-order valence-electron chi connectivity index (χ1n) is 9.94. The van der Waals surface area contributed by atoms with Crippen molar-refractivity contribution in [2.24, 2.45) is 0 Å². The van der Waals surface area contributed by atoms with E-state index in [1.54, 1.807) is 15.8 Å². The standard InChI is InChI=1S/C22H22F3N5O/c1-15-5-3-4-6-19(15)30-16(2)18(14-27-30)21(31)29-11-9-28(10-12-29)20-8-7-17(13-26-20)22(23,24)25/h3-8,13-14H,9-12H2,1-2H3. The first kappa shape index (κ1) is 20.9. The van der Waals surface area contributed by atoms with E-state index >= 15 is 0 Å². The van der Waals surface area contributed by atoms with Crippen molar-refractivity contribution >= 4 is 11.7 Å². The second-order valence-corrected chi connectivity index (χ2v) is 7.52. The molecule has 0 atom stereocenters. The number of pyridine rings is 1. The first-order chi connectivity index (χ1) is 14.8. The molecule has 9 heteroatoms.